The van der Waals surface area contributed by atoms with Gasteiger partial charge in [0.1, 0.15) is 0 Å². The Labute approximate surface area is 101 Å². The second-order valence-corrected chi connectivity index (χ2v) is 4.82. The third-order valence-electron chi connectivity index (χ3n) is 3.35. The molecule has 0 unspecified atom stereocenters. The van der Waals surface area contributed by atoms with E-state index in [1.807, 2.05) is 18.2 Å². The quantitative estimate of drug-likeness (QED) is 0.793. The van der Waals surface area contributed by atoms with Crippen molar-refractivity contribution in [2.75, 3.05) is 23.7 Å². The number of hydrogen-bond acceptors (Lipinski definition) is 3. The highest BCUT2D eigenvalue weighted by Crippen LogP contribution is 2.31. The number of hydrogen-bond donors (Lipinski definition) is 2. The summed E-state index contributed by atoms with van der Waals surface area (Å²) in [4.78, 5) is 10.3. The van der Waals surface area contributed by atoms with Gasteiger partial charge in [-0.25, -0.2) is 4.98 Å². The molecule has 1 aliphatic carbocycles. The minimum Gasteiger partial charge on any atom is -0.399 e. The summed E-state index contributed by atoms with van der Waals surface area (Å²) in [6, 6.07) is 5.80. The summed E-state index contributed by atoms with van der Waals surface area (Å²) in [6.07, 6.45) is 2.73. The highest BCUT2D eigenvalue weighted by molar-refractivity contribution is 5.80. The number of imidazole rings is 1. The molecule has 1 heterocycles. The molecule has 1 saturated carbocycles. The van der Waals surface area contributed by atoms with Crippen LogP contribution in [0.25, 0.3) is 11.0 Å². The van der Waals surface area contributed by atoms with Crippen molar-refractivity contribution in [2.45, 2.75) is 19.8 Å². The lowest BCUT2D eigenvalue weighted by Gasteiger charge is -2.19. The van der Waals surface area contributed by atoms with Crippen molar-refractivity contribution >= 4 is 22.7 Å². The molecule has 3 rings (SSSR count). The molecule has 0 bridgehead atoms. The van der Waals surface area contributed by atoms with Crippen LogP contribution in [0.15, 0.2) is 18.2 Å². The third-order valence-corrected chi connectivity index (χ3v) is 3.35. The van der Waals surface area contributed by atoms with E-state index in [0.717, 1.165) is 41.7 Å². The van der Waals surface area contributed by atoms with Gasteiger partial charge in [-0.2, -0.15) is 0 Å². The number of rotatable bonds is 4. The van der Waals surface area contributed by atoms with Crippen molar-refractivity contribution in [3.8, 4) is 0 Å². The summed E-state index contributed by atoms with van der Waals surface area (Å²) in [6.45, 7) is 4.28. The number of nitrogens with one attached hydrogen (secondary N) is 1. The lowest BCUT2D eigenvalue weighted by Crippen LogP contribution is -2.26. The van der Waals surface area contributed by atoms with Crippen LogP contribution in [0.4, 0.5) is 11.6 Å². The topological polar surface area (TPSA) is 57.9 Å². The maximum atomic E-state index is 5.77. The van der Waals surface area contributed by atoms with E-state index in [4.69, 9.17) is 5.73 Å². The van der Waals surface area contributed by atoms with Crippen LogP contribution in [0.1, 0.15) is 19.8 Å². The SMILES string of the molecule is CCN(CC1CC1)c1nc2ccc(N)cc2[nH]1. The molecule has 1 aliphatic rings. The minimum absolute atomic E-state index is 0.776. The number of H-pyrrole nitrogens is 1. The van der Waals surface area contributed by atoms with Crippen LogP contribution in [-0.4, -0.2) is 23.1 Å². The lowest BCUT2D eigenvalue weighted by atomic mass is 10.3. The number of aromatic nitrogens is 2. The number of nitrogen functional groups attached to an aromatic ring is 1. The van der Waals surface area contributed by atoms with E-state index < -0.39 is 0 Å². The molecule has 0 aliphatic heterocycles. The average Bonchev–Trinajstić information content (AvgIpc) is 3.04. The van der Waals surface area contributed by atoms with Gasteiger partial charge in [0.15, 0.2) is 0 Å². The predicted octanol–water partition coefficient (Wildman–Crippen LogP) is 2.38. The number of nitrogens with two attached hydrogens (primary N) is 1. The molecular formula is C13H18N4. The first-order valence-electron chi connectivity index (χ1n) is 6.26. The van der Waals surface area contributed by atoms with E-state index >= 15 is 0 Å². The van der Waals surface area contributed by atoms with Crippen LogP contribution in [-0.2, 0) is 0 Å². The van der Waals surface area contributed by atoms with E-state index in [2.05, 4.69) is 21.8 Å². The summed E-state index contributed by atoms with van der Waals surface area (Å²) in [5, 5.41) is 0. The molecule has 90 valence electrons. The zero-order chi connectivity index (χ0) is 11.8. The van der Waals surface area contributed by atoms with Gasteiger partial charge in [-0.1, -0.05) is 0 Å². The number of aromatic amines is 1. The predicted molar refractivity (Wildman–Crippen MR) is 71.1 cm³/mol. The molecule has 4 heteroatoms. The molecule has 4 nitrogen and oxygen atoms in total. The van der Waals surface area contributed by atoms with Gasteiger partial charge in [0.25, 0.3) is 0 Å². The molecule has 1 aromatic heterocycles. The van der Waals surface area contributed by atoms with Gasteiger partial charge < -0.3 is 15.6 Å². The Morgan fingerprint density at radius 1 is 1.47 bits per heavy atom. The van der Waals surface area contributed by atoms with Gasteiger partial charge in [-0.15, -0.1) is 0 Å². The Kier molecular flexibility index (Phi) is 2.42. The highest BCUT2D eigenvalue weighted by atomic mass is 15.3. The molecule has 17 heavy (non-hydrogen) atoms. The highest BCUT2D eigenvalue weighted by Gasteiger charge is 2.24. The number of fused-ring (bicyclic) bond motifs is 1. The van der Waals surface area contributed by atoms with Gasteiger partial charge in [-0.3, -0.25) is 0 Å². The Bertz CT molecular complexity index is 527. The van der Waals surface area contributed by atoms with Crippen LogP contribution in [0.2, 0.25) is 0 Å². The van der Waals surface area contributed by atoms with Crippen LogP contribution < -0.4 is 10.6 Å². The van der Waals surface area contributed by atoms with E-state index in [0.29, 0.717) is 0 Å². The zero-order valence-electron chi connectivity index (χ0n) is 10.1. The molecule has 0 saturated heterocycles. The van der Waals surface area contributed by atoms with Crippen molar-refractivity contribution < 1.29 is 0 Å². The Balaban J connectivity index is 1.92. The normalized spacial score (nSPS) is 15.4. The summed E-state index contributed by atoms with van der Waals surface area (Å²) in [7, 11) is 0. The largest absolute Gasteiger partial charge is 0.399 e. The molecular weight excluding hydrogens is 212 g/mol. The molecule has 0 amide bonds. The summed E-state index contributed by atoms with van der Waals surface area (Å²) < 4.78 is 0. The summed E-state index contributed by atoms with van der Waals surface area (Å²) in [5.74, 6) is 1.84. The van der Waals surface area contributed by atoms with Crippen LogP contribution >= 0.6 is 0 Å². The molecule has 3 N–H and O–H groups in total. The number of anilines is 2. The fourth-order valence-electron chi connectivity index (χ4n) is 2.14. The second kappa shape index (κ2) is 3.95. The summed E-state index contributed by atoms with van der Waals surface area (Å²) >= 11 is 0. The first-order valence-corrected chi connectivity index (χ1v) is 6.26. The van der Waals surface area contributed by atoms with Crippen molar-refractivity contribution in [3.63, 3.8) is 0 Å². The molecule has 2 aromatic rings. The average molecular weight is 230 g/mol. The van der Waals surface area contributed by atoms with E-state index in [9.17, 15) is 0 Å². The van der Waals surface area contributed by atoms with Crippen molar-refractivity contribution in [2.24, 2.45) is 5.92 Å². The number of benzene rings is 1. The van der Waals surface area contributed by atoms with Crippen molar-refractivity contribution in [1.29, 1.82) is 0 Å². The standard InChI is InChI=1S/C13H18N4/c1-2-17(8-9-3-4-9)13-15-11-6-5-10(14)7-12(11)16-13/h5-7,9H,2-4,8,14H2,1H3,(H,15,16). The molecule has 0 atom stereocenters. The van der Waals surface area contributed by atoms with Gasteiger partial charge in [0.05, 0.1) is 11.0 Å². The van der Waals surface area contributed by atoms with Gasteiger partial charge in [0.2, 0.25) is 5.95 Å². The first-order chi connectivity index (χ1) is 8.26. The first kappa shape index (κ1) is 10.4. The summed E-state index contributed by atoms with van der Waals surface area (Å²) in [5.41, 5.74) is 8.56. The zero-order valence-corrected chi connectivity index (χ0v) is 10.1. The van der Waals surface area contributed by atoms with Gasteiger partial charge in [-0.05, 0) is 43.9 Å². The smallest absolute Gasteiger partial charge is 0.203 e. The van der Waals surface area contributed by atoms with Crippen LogP contribution in [0, 0.1) is 5.92 Å². The Morgan fingerprint density at radius 3 is 3.00 bits per heavy atom. The number of nitrogens with zero attached hydrogens (tertiary/aromatic N) is 2. The van der Waals surface area contributed by atoms with E-state index in [1.165, 1.54) is 12.8 Å². The maximum absolute atomic E-state index is 5.77. The van der Waals surface area contributed by atoms with Crippen LogP contribution in [0.5, 0.6) is 0 Å². The van der Waals surface area contributed by atoms with Crippen molar-refractivity contribution in [3.05, 3.63) is 18.2 Å². The van der Waals surface area contributed by atoms with Crippen LogP contribution in [0.3, 0.4) is 0 Å². The Hall–Kier alpha value is -1.71. The van der Waals surface area contributed by atoms with E-state index in [-0.39, 0.29) is 0 Å². The molecule has 1 aromatic carbocycles. The second-order valence-electron chi connectivity index (χ2n) is 4.82. The monoisotopic (exact) mass is 230 g/mol. The van der Waals surface area contributed by atoms with Gasteiger partial charge in [0, 0.05) is 18.8 Å². The van der Waals surface area contributed by atoms with Crippen molar-refractivity contribution in [1.82, 2.24) is 9.97 Å². The maximum Gasteiger partial charge on any atom is 0.203 e. The fourth-order valence-corrected chi connectivity index (χ4v) is 2.14. The lowest BCUT2D eigenvalue weighted by molar-refractivity contribution is 0.726. The Morgan fingerprint density at radius 2 is 2.29 bits per heavy atom. The van der Waals surface area contributed by atoms with E-state index in [1.54, 1.807) is 0 Å². The molecule has 0 radical (unpaired) electrons. The minimum atomic E-state index is 0.776. The van der Waals surface area contributed by atoms with Gasteiger partial charge >= 0.3 is 0 Å². The third kappa shape index (κ3) is 2.07. The fraction of sp³-hybridized carbons (Fsp3) is 0.462. The molecule has 0 spiro atoms. The molecule has 1 fully saturated rings.